The van der Waals surface area contributed by atoms with E-state index < -0.39 is 0 Å². The Bertz CT molecular complexity index is 961. The maximum absolute atomic E-state index is 11.8. The molecule has 27 heavy (non-hydrogen) atoms. The third-order valence-corrected chi connectivity index (χ3v) is 4.02. The maximum Gasteiger partial charge on any atom is 0.337 e. The first kappa shape index (κ1) is 18.7. The number of nitrogens with one attached hydrogen (secondary N) is 1. The van der Waals surface area contributed by atoms with Crippen LogP contribution in [0.4, 0.5) is 5.82 Å². The summed E-state index contributed by atoms with van der Waals surface area (Å²) in [4.78, 5) is 16.3. The molecule has 0 saturated carbocycles. The van der Waals surface area contributed by atoms with Crippen molar-refractivity contribution in [1.29, 1.82) is 0 Å². The molecular formula is C22H24N2O3. The average molecular weight is 364 g/mol. The van der Waals surface area contributed by atoms with Gasteiger partial charge in [0.05, 0.1) is 12.7 Å². The number of rotatable bonds is 5. The lowest BCUT2D eigenvalue weighted by atomic mass is 10.1. The minimum Gasteiger partial charge on any atom is -0.488 e. The second-order valence-corrected chi connectivity index (χ2v) is 7.26. The summed E-state index contributed by atoms with van der Waals surface area (Å²) >= 11 is 0. The monoisotopic (exact) mass is 364 g/mol. The predicted molar refractivity (Wildman–Crippen MR) is 107 cm³/mol. The Morgan fingerprint density at radius 3 is 2.63 bits per heavy atom. The summed E-state index contributed by atoms with van der Waals surface area (Å²) in [6.45, 7) is 6.63. The normalized spacial score (nSPS) is 11.3. The van der Waals surface area contributed by atoms with E-state index >= 15 is 0 Å². The van der Waals surface area contributed by atoms with E-state index in [4.69, 9.17) is 9.47 Å². The average Bonchev–Trinajstić information content (AvgIpc) is 2.65. The van der Waals surface area contributed by atoms with Crippen LogP contribution < -0.4 is 10.1 Å². The second kappa shape index (κ2) is 7.66. The van der Waals surface area contributed by atoms with Crippen LogP contribution in [-0.4, -0.2) is 23.7 Å². The molecule has 3 rings (SSSR count). The summed E-state index contributed by atoms with van der Waals surface area (Å²) in [7, 11) is 1.38. The lowest BCUT2D eigenvalue weighted by molar-refractivity contribution is 0.0601. The first-order valence-electron chi connectivity index (χ1n) is 8.85. The van der Waals surface area contributed by atoms with Crippen molar-refractivity contribution in [3.63, 3.8) is 0 Å². The lowest BCUT2D eigenvalue weighted by Crippen LogP contribution is -2.23. The van der Waals surface area contributed by atoms with Gasteiger partial charge in [0.2, 0.25) is 0 Å². The van der Waals surface area contributed by atoms with Gasteiger partial charge in [-0.05, 0) is 50.4 Å². The number of benzene rings is 2. The fourth-order valence-electron chi connectivity index (χ4n) is 2.81. The van der Waals surface area contributed by atoms with Gasteiger partial charge in [0, 0.05) is 23.7 Å². The molecule has 0 atom stereocenters. The lowest BCUT2D eigenvalue weighted by Gasteiger charge is -2.23. The van der Waals surface area contributed by atoms with Gasteiger partial charge >= 0.3 is 5.97 Å². The summed E-state index contributed by atoms with van der Waals surface area (Å²) in [5.74, 6) is 1.19. The van der Waals surface area contributed by atoms with Crippen LogP contribution in [-0.2, 0) is 11.3 Å². The number of hydrogen-bond acceptors (Lipinski definition) is 5. The molecule has 2 aromatic carbocycles. The van der Waals surface area contributed by atoms with Crippen LogP contribution in [0.3, 0.4) is 0 Å². The molecule has 0 fully saturated rings. The van der Waals surface area contributed by atoms with E-state index in [9.17, 15) is 4.79 Å². The van der Waals surface area contributed by atoms with Crippen LogP contribution in [0.25, 0.3) is 10.8 Å². The number of para-hydroxylation sites is 1. The number of aromatic nitrogens is 1. The minimum atomic E-state index is -0.365. The van der Waals surface area contributed by atoms with Crippen molar-refractivity contribution in [2.24, 2.45) is 0 Å². The van der Waals surface area contributed by atoms with Crippen molar-refractivity contribution in [2.75, 3.05) is 12.4 Å². The molecule has 5 heteroatoms. The van der Waals surface area contributed by atoms with Gasteiger partial charge < -0.3 is 14.8 Å². The van der Waals surface area contributed by atoms with Gasteiger partial charge in [0.1, 0.15) is 17.2 Å². The molecule has 0 saturated heterocycles. The Balaban J connectivity index is 1.89. The third kappa shape index (κ3) is 4.56. The number of ether oxygens (including phenoxy) is 2. The number of esters is 1. The second-order valence-electron chi connectivity index (χ2n) is 7.26. The summed E-state index contributed by atoms with van der Waals surface area (Å²) in [5, 5.41) is 5.24. The fourth-order valence-corrected chi connectivity index (χ4v) is 2.81. The molecule has 0 spiro atoms. The number of nitrogens with zero attached hydrogens (tertiary/aromatic N) is 1. The van der Waals surface area contributed by atoms with Crippen molar-refractivity contribution in [1.82, 2.24) is 4.98 Å². The van der Waals surface area contributed by atoms with Gasteiger partial charge in [-0.15, -0.1) is 0 Å². The van der Waals surface area contributed by atoms with Crippen LogP contribution in [0, 0.1) is 0 Å². The molecule has 0 bridgehead atoms. The van der Waals surface area contributed by atoms with Crippen LogP contribution >= 0.6 is 0 Å². The van der Waals surface area contributed by atoms with Gasteiger partial charge in [-0.2, -0.15) is 0 Å². The first-order valence-corrected chi connectivity index (χ1v) is 8.85. The van der Waals surface area contributed by atoms with Crippen molar-refractivity contribution in [3.8, 4) is 5.75 Å². The van der Waals surface area contributed by atoms with E-state index in [1.807, 2.05) is 57.2 Å². The van der Waals surface area contributed by atoms with Gasteiger partial charge in [-0.1, -0.05) is 24.3 Å². The van der Waals surface area contributed by atoms with Gasteiger partial charge in [0.15, 0.2) is 0 Å². The highest BCUT2D eigenvalue weighted by atomic mass is 16.5. The topological polar surface area (TPSA) is 60.5 Å². The fraction of sp³-hybridized carbons (Fsp3) is 0.273. The van der Waals surface area contributed by atoms with E-state index in [1.165, 1.54) is 7.11 Å². The Morgan fingerprint density at radius 1 is 1.11 bits per heavy atom. The van der Waals surface area contributed by atoms with Crippen LogP contribution in [0.1, 0.15) is 36.7 Å². The SMILES string of the molecule is COC(=O)c1ccc2ccnc(NCc3ccccc3OC(C)(C)C)c2c1. The Labute approximate surface area is 159 Å². The molecule has 0 unspecified atom stereocenters. The zero-order chi connectivity index (χ0) is 19.4. The summed E-state index contributed by atoms with van der Waals surface area (Å²) in [5.41, 5.74) is 1.26. The molecule has 1 aromatic heterocycles. The van der Waals surface area contributed by atoms with Crippen molar-refractivity contribution >= 4 is 22.6 Å². The molecule has 0 aliphatic rings. The predicted octanol–water partition coefficient (Wildman–Crippen LogP) is 4.81. The molecule has 3 aromatic rings. The van der Waals surface area contributed by atoms with E-state index in [0.717, 1.165) is 22.1 Å². The molecule has 0 aliphatic carbocycles. The van der Waals surface area contributed by atoms with Crippen LogP contribution in [0.2, 0.25) is 0 Å². The molecule has 0 amide bonds. The largest absolute Gasteiger partial charge is 0.488 e. The summed E-state index contributed by atoms with van der Waals surface area (Å²) in [6.07, 6.45) is 1.75. The number of carbonyl (C=O) groups excluding carboxylic acids is 1. The zero-order valence-corrected chi connectivity index (χ0v) is 16.1. The number of methoxy groups -OCH3 is 1. The number of carbonyl (C=O) groups is 1. The molecular weight excluding hydrogens is 340 g/mol. The van der Waals surface area contributed by atoms with E-state index in [0.29, 0.717) is 17.9 Å². The Hall–Kier alpha value is -3.08. The molecule has 140 valence electrons. The maximum atomic E-state index is 11.8. The summed E-state index contributed by atoms with van der Waals surface area (Å²) in [6, 6.07) is 15.3. The van der Waals surface area contributed by atoms with Crippen LogP contribution in [0.5, 0.6) is 5.75 Å². The molecule has 1 N–H and O–H groups in total. The van der Waals surface area contributed by atoms with Gasteiger partial charge in [-0.3, -0.25) is 0 Å². The standard InChI is InChI=1S/C22H24N2O3/c1-22(2,3)27-19-8-6-5-7-17(19)14-24-20-18-13-16(21(25)26-4)10-9-15(18)11-12-23-20/h5-13H,14H2,1-4H3,(H,23,24). The third-order valence-electron chi connectivity index (χ3n) is 4.02. The number of hydrogen-bond donors (Lipinski definition) is 1. The molecule has 0 aliphatic heterocycles. The van der Waals surface area contributed by atoms with Crippen LogP contribution in [0.15, 0.2) is 54.7 Å². The highest BCUT2D eigenvalue weighted by Gasteiger charge is 2.15. The smallest absolute Gasteiger partial charge is 0.337 e. The highest BCUT2D eigenvalue weighted by Crippen LogP contribution is 2.26. The number of fused-ring (bicyclic) bond motifs is 1. The number of pyridine rings is 1. The minimum absolute atomic E-state index is 0.275. The molecule has 0 radical (unpaired) electrons. The highest BCUT2D eigenvalue weighted by molar-refractivity contribution is 5.99. The first-order chi connectivity index (χ1) is 12.9. The Morgan fingerprint density at radius 2 is 1.89 bits per heavy atom. The summed E-state index contributed by atoms with van der Waals surface area (Å²) < 4.78 is 10.9. The molecule has 5 nitrogen and oxygen atoms in total. The van der Waals surface area contributed by atoms with Gasteiger partial charge in [-0.25, -0.2) is 9.78 Å². The quantitative estimate of drug-likeness (QED) is 0.658. The van der Waals surface area contributed by atoms with Crippen molar-refractivity contribution in [2.45, 2.75) is 32.9 Å². The zero-order valence-electron chi connectivity index (χ0n) is 16.1. The Kier molecular flexibility index (Phi) is 5.31. The van der Waals surface area contributed by atoms with E-state index in [1.54, 1.807) is 18.3 Å². The van der Waals surface area contributed by atoms with Gasteiger partial charge in [0.25, 0.3) is 0 Å². The van der Waals surface area contributed by atoms with E-state index in [-0.39, 0.29) is 11.6 Å². The number of anilines is 1. The van der Waals surface area contributed by atoms with E-state index in [2.05, 4.69) is 10.3 Å². The van der Waals surface area contributed by atoms with Crippen molar-refractivity contribution in [3.05, 3.63) is 65.9 Å². The van der Waals surface area contributed by atoms with Crippen molar-refractivity contribution < 1.29 is 14.3 Å². The molecule has 1 heterocycles.